The van der Waals surface area contributed by atoms with Crippen molar-refractivity contribution >= 4 is 28.9 Å². The van der Waals surface area contributed by atoms with Gasteiger partial charge in [-0.1, -0.05) is 18.3 Å². The number of hydrogen-bond acceptors (Lipinski definition) is 8. The largest absolute Gasteiger partial charge is 0.493 e. The van der Waals surface area contributed by atoms with Crippen molar-refractivity contribution < 1.29 is 5.11 Å². The van der Waals surface area contributed by atoms with Crippen LogP contribution in [0.3, 0.4) is 0 Å². The molecule has 1 atom stereocenters. The monoisotopic (exact) mass is 427 g/mol. The lowest BCUT2D eigenvalue weighted by atomic mass is 10.2. The van der Waals surface area contributed by atoms with Crippen LogP contribution in [0.1, 0.15) is 37.5 Å². The van der Waals surface area contributed by atoms with Gasteiger partial charge in [-0.15, -0.1) is 0 Å². The molecule has 1 saturated carbocycles. The van der Waals surface area contributed by atoms with E-state index in [0.29, 0.717) is 22.6 Å². The highest BCUT2D eigenvalue weighted by Crippen LogP contribution is 2.22. The number of anilines is 1. The van der Waals surface area contributed by atoms with E-state index >= 15 is 0 Å². The zero-order valence-electron chi connectivity index (χ0n) is 16.8. The minimum atomic E-state index is -0.299. The Morgan fingerprint density at radius 2 is 2.30 bits per heavy atom. The van der Waals surface area contributed by atoms with E-state index in [2.05, 4.69) is 27.2 Å². The Labute approximate surface area is 176 Å². The summed E-state index contributed by atoms with van der Waals surface area (Å²) in [4.78, 5) is 26.2. The molecule has 3 aromatic rings. The molecule has 1 aliphatic heterocycles. The third-order valence-corrected chi connectivity index (χ3v) is 6.53. The number of likely N-dealkylation sites (N-methyl/N-ethyl adjacent to an activating group) is 1. The third kappa shape index (κ3) is 3.84. The second-order valence-electron chi connectivity index (χ2n) is 7.87. The van der Waals surface area contributed by atoms with Crippen molar-refractivity contribution in [1.29, 1.82) is 0 Å². The summed E-state index contributed by atoms with van der Waals surface area (Å²) in [5, 5.41) is 18.6. The molecule has 1 saturated heterocycles. The zero-order valence-corrected chi connectivity index (χ0v) is 17.7. The summed E-state index contributed by atoms with van der Waals surface area (Å²) in [6.45, 7) is 5.26. The van der Waals surface area contributed by atoms with Crippen LogP contribution in [0.15, 0.2) is 22.1 Å². The molecule has 0 aromatic carbocycles. The Kier molecular flexibility index (Phi) is 5.03. The van der Waals surface area contributed by atoms with Crippen molar-refractivity contribution in [2.45, 2.75) is 44.7 Å². The van der Waals surface area contributed by atoms with Crippen molar-refractivity contribution in [3.8, 4) is 5.88 Å². The number of likely N-dealkylation sites (tertiary alicyclic amines) is 1. The number of aromatic amines is 1. The number of aromatic nitrogens is 4. The summed E-state index contributed by atoms with van der Waals surface area (Å²) in [5.74, 6) is 0.633. The number of nitrogens with one attached hydrogen (secondary N) is 2. The number of thiazole rings is 1. The average Bonchev–Trinajstić information content (AvgIpc) is 3.13. The van der Waals surface area contributed by atoms with Crippen LogP contribution in [0, 0.1) is 0 Å². The SMILES string of the molecule is CCN1CCCC1CNc1cc(=NC2CC2)n2nc/c(=C/c3sc(=O)[nH]c3O)c2n1. The van der Waals surface area contributed by atoms with Crippen LogP contribution in [-0.2, 0) is 0 Å². The maximum absolute atomic E-state index is 11.5. The molecule has 1 aliphatic carbocycles. The van der Waals surface area contributed by atoms with E-state index < -0.39 is 0 Å². The lowest BCUT2D eigenvalue weighted by Gasteiger charge is -2.23. The number of fused-ring (bicyclic) bond motifs is 1. The maximum Gasteiger partial charge on any atom is 0.307 e. The molecule has 5 rings (SSSR count). The number of rotatable bonds is 6. The van der Waals surface area contributed by atoms with E-state index in [1.54, 1.807) is 16.8 Å². The molecule has 10 heteroatoms. The Morgan fingerprint density at radius 3 is 3.03 bits per heavy atom. The number of hydrogen-bond donors (Lipinski definition) is 3. The molecule has 0 spiro atoms. The zero-order chi connectivity index (χ0) is 20.7. The maximum atomic E-state index is 11.5. The van der Waals surface area contributed by atoms with Crippen molar-refractivity contribution in [2.75, 3.05) is 25.0 Å². The van der Waals surface area contributed by atoms with Crippen LogP contribution in [0.2, 0.25) is 0 Å². The van der Waals surface area contributed by atoms with Gasteiger partial charge in [-0.3, -0.25) is 19.7 Å². The van der Waals surface area contributed by atoms with E-state index in [1.165, 1.54) is 12.8 Å². The van der Waals surface area contributed by atoms with Gasteiger partial charge in [0.05, 0.1) is 17.1 Å². The van der Waals surface area contributed by atoms with Gasteiger partial charge in [0.2, 0.25) is 5.88 Å². The molecule has 158 valence electrons. The Hall–Kier alpha value is -2.72. The Morgan fingerprint density at radius 1 is 1.43 bits per heavy atom. The van der Waals surface area contributed by atoms with Gasteiger partial charge in [0.1, 0.15) is 5.82 Å². The third-order valence-electron chi connectivity index (χ3n) is 5.71. The molecule has 0 amide bonds. The molecule has 4 heterocycles. The molecule has 1 unspecified atom stereocenters. The van der Waals surface area contributed by atoms with Crippen LogP contribution < -0.4 is 20.9 Å². The first kappa shape index (κ1) is 19.3. The summed E-state index contributed by atoms with van der Waals surface area (Å²) in [6, 6.07) is 2.82. The standard InChI is InChI=1S/C20H25N7O2S/c1-2-26-7-3-4-14(26)11-21-16-9-17(23-13-5-6-13)27-18(24-16)12(10-22-27)8-15-19(28)25-20(29)30-15/h8-10,13-14,21,28H,2-7,11H2,1H3,(H,25,29)/b12-8-,23-17?. The highest BCUT2D eigenvalue weighted by Gasteiger charge is 2.23. The first-order valence-electron chi connectivity index (χ1n) is 10.4. The lowest BCUT2D eigenvalue weighted by molar-refractivity contribution is 0.277. The minimum absolute atomic E-state index is 0.137. The summed E-state index contributed by atoms with van der Waals surface area (Å²) in [6.07, 6.45) is 8.06. The van der Waals surface area contributed by atoms with Gasteiger partial charge in [0.15, 0.2) is 11.1 Å². The van der Waals surface area contributed by atoms with E-state index in [9.17, 15) is 9.90 Å². The Balaban J connectivity index is 1.54. The highest BCUT2D eigenvalue weighted by molar-refractivity contribution is 7.10. The van der Waals surface area contributed by atoms with E-state index in [-0.39, 0.29) is 10.8 Å². The van der Waals surface area contributed by atoms with Gasteiger partial charge in [-0.25, -0.2) is 4.98 Å². The molecule has 9 nitrogen and oxygen atoms in total. The van der Waals surface area contributed by atoms with Gasteiger partial charge >= 0.3 is 4.87 Å². The lowest BCUT2D eigenvalue weighted by Crippen LogP contribution is -2.35. The molecule has 2 aliphatic rings. The number of H-pyrrole nitrogens is 1. The molecule has 3 N–H and O–H groups in total. The topological polar surface area (TPSA) is 111 Å². The van der Waals surface area contributed by atoms with Crippen LogP contribution in [0.4, 0.5) is 5.82 Å². The quantitative estimate of drug-likeness (QED) is 0.534. The predicted molar refractivity (Wildman–Crippen MR) is 116 cm³/mol. The van der Waals surface area contributed by atoms with Crippen molar-refractivity contribution in [2.24, 2.45) is 4.99 Å². The van der Waals surface area contributed by atoms with Crippen molar-refractivity contribution in [1.82, 2.24) is 24.5 Å². The highest BCUT2D eigenvalue weighted by atomic mass is 32.1. The van der Waals surface area contributed by atoms with E-state index in [1.807, 2.05) is 6.07 Å². The number of aromatic hydroxyl groups is 1. The molecule has 30 heavy (non-hydrogen) atoms. The fourth-order valence-corrected chi connectivity index (χ4v) is 4.66. The fraction of sp³-hybridized carbons (Fsp3) is 0.500. The molecule has 0 radical (unpaired) electrons. The van der Waals surface area contributed by atoms with Gasteiger partial charge in [-0.05, 0) is 44.8 Å². The fourth-order valence-electron chi connectivity index (χ4n) is 3.98. The van der Waals surface area contributed by atoms with E-state index in [0.717, 1.165) is 60.3 Å². The second-order valence-corrected chi connectivity index (χ2v) is 8.89. The van der Waals surface area contributed by atoms with Crippen molar-refractivity contribution in [3.05, 3.63) is 37.5 Å². The molecule has 3 aromatic heterocycles. The smallest absolute Gasteiger partial charge is 0.307 e. The van der Waals surface area contributed by atoms with Crippen molar-refractivity contribution in [3.63, 3.8) is 0 Å². The molecular weight excluding hydrogens is 402 g/mol. The second kappa shape index (κ2) is 7.84. The predicted octanol–water partition coefficient (Wildman–Crippen LogP) is 0.692. The first-order chi connectivity index (χ1) is 14.6. The van der Waals surface area contributed by atoms with E-state index in [4.69, 9.17) is 9.98 Å². The van der Waals surface area contributed by atoms with Gasteiger partial charge < -0.3 is 10.4 Å². The van der Waals surface area contributed by atoms with Gasteiger partial charge in [-0.2, -0.15) is 9.61 Å². The van der Waals surface area contributed by atoms with Crippen LogP contribution in [0.25, 0.3) is 11.7 Å². The normalized spacial score (nSPS) is 21.2. The Bertz CT molecular complexity index is 1240. The average molecular weight is 428 g/mol. The molecule has 2 fully saturated rings. The summed E-state index contributed by atoms with van der Waals surface area (Å²) >= 11 is 0.954. The summed E-state index contributed by atoms with van der Waals surface area (Å²) < 4.78 is 1.73. The molecule has 0 bridgehead atoms. The molecular formula is C20H25N7O2S. The summed E-state index contributed by atoms with van der Waals surface area (Å²) in [7, 11) is 0. The summed E-state index contributed by atoms with van der Waals surface area (Å²) in [5.41, 5.74) is 1.42. The van der Waals surface area contributed by atoms with Crippen LogP contribution >= 0.6 is 11.3 Å². The minimum Gasteiger partial charge on any atom is -0.493 e. The van der Waals surface area contributed by atoms with Crippen LogP contribution in [0.5, 0.6) is 5.88 Å². The van der Waals surface area contributed by atoms with Crippen LogP contribution in [-0.4, -0.2) is 61.3 Å². The number of nitrogens with zero attached hydrogens (tertiary/aromatic N) is 5. The van der Waals surface area contributed by atoms with Gasteiger partial charge in [0.25, 0.3) is 0 Å². The first-order valence-corrected chi connectivity index (χ1v) is 11.3. The van der Waals surface area contributed by atoms with Gasteiger partial charge in [0, 0.05) is 23.9 Å².